The summed E-state index contributed by atoms with van der Waals surface area (Å²) in [5.74, 6) is 0. The van der Waals surface area contributed by atoms with Gasteiger partial charge in [-0.3, -0.25) is 4.90 Å². The summed E-state index contributed by atoms with van der Waals surface area (Å²) in [4.78, 5) is 2.62. The molecule has 2 rings (SSSR count). The highest BCUT2D eigenvalue weighted by Crippen LogP contribution is 2.31. The van der Waals surface area contributed by atoms with Crippen LogP contribution in [0, 0.1) is 0 Å². The molecule has 0 aromatic carbocycles. The summed E-state index contributed by atoms with van der Waals surface area (Å²) in [6, 6.07) is 2.73. The second-order valence-corrected chi connectivity index (χ2v) is 4.46. The van der Waals surface area contributed by atoms with E-state index in [9.17, 15) is 0 Å². The van der Waals surface area contributed by atoms with E-state index in [1.54, 1.807) is 6.26 Å². The molecule has 1 fully saturated rings. The van der Waals surface area contributed by atoms with Crippen molar-refractivity contribution in [2.75, 3.05) is 13.1 Å². The van der Waals surface area contributed by atoms with Crippen LogP contribution in [0.25, 0.3) is 0 Å². The highest BCUT2D eigenvalue weighted by atomic mass is 16.3. The van der Waals surface area contributed by atoms with Gasteiger partial charge in [0, 0.05) is 11.6 Å². The molecule has 0 aliphatic carbocycles. The zero-order valence-electron chi connectivity index (χ0n) is 9.61. The van der Waals surface area contributed by atoms with Crippen LogP contribution in [0.15, 0.2) is 23.0 Å². The smallest absolute Gasteiger partial charge is 0.0950 e. The third kappa shape index (κ3) is 2.63. The van der Waals surface area contributed by atoms with Crippen molar-refractivity contribution < 1.29 is 4.42 Å². The Morgan fingerprint density at radius 2 is 2.40 bits per heavy atom. The number of nitrogens with zero attached hydrogens (tertiary/aromatic N) is 1. The van der Waals surface area contributed by atoms with Crippen LogP contribution in [0.2, 0.25) is 0 Å². The second-order valence-electron chi connectivity index (χ2n) is 4.46. The summed E-state index contributed by atoms with van der Waals surface area (Å²) >= 11 is 0. The Bertz CT molecular complexity index is 268. The molecule has 0 amide bonds. The average Bonchev–Trinajstić information content (AvgIpc) is 2.80. The van der Waals surface area contributed by atoms with E-state index in [2.05, 4.69) is 17.9 Å². The quantitative estimate of drug-likeness (QED) is 0.750. The SMILES string of the molecule is CCCCN1CCCC[C@H]1c1ccoc1. The van der Waals surface area contributed by atoms with E-state index in [1.807, 2.05) is 6.26 Å². The fourth-order valence-corrected chi connectivity index (χ4v) is 2.46. The minimum absolute atomic E-state index is 0.615. The topological polar surface area (TPSA) is 16.4 Å². The van der Waals surface area contributed by atoms with Crippen molar-refractivity contribution in [1.29, 1.82) is 0 Å². The lowest BCUT2D eigenvalue weighted by atomic mass is 9.97. The standard InChI is InChI=1S/C13H21NO/c1-2-3-8-14-9-5-4-6-13(14)12-7-10-15-11-12/h7,10-11,13H,2-6,8-9H2,1H3/t13-/m0/s1. The van der Waals surface area contributed by atoms with Gasteiger partial charge in [-0.15, -0.1) is 0 Å². The van der Waals surface area contributed by atoms with Crippen molar-refractivity contribution in [2.45, 2.75) is 45.1 Å². The molecule has 2 nitrogen and oxygen atoms in total. The van der Waals surface area contributed by atoms with Crippen molar-refractivity contribution in [1.82, 2.24) is 4.90 Å². The van der Waals surface area contributed by atoms with E-state index < -0.39 is 0 Å². The zero-order valence-corrected chi connectivity index (χ0v) is 9.61. The van der Waals surface area contributed by atoms with Gasteiger partial charge in [0.2, 0.25) is 0 Å². The van der Waals surface area contributed by atoms with Crippen molar-refractivity contribution in [3.8, 4) is 0 Å². The van der Waals surface area contributed by atoms with Gasteiger partial charge in [0.25, 0.3) is 0 Å². The number of hydrogen-bond donors (Lipinski definition) is 0. The molecule has 0 saturated carbocycles. The van der Waals surface area contributed by atoms with Gasteiger partial charge in [0.05, 0.1) is 12.5 Å². The highest BCUT2D eigenvalue weighted by molar-refractivity contribution is 5.12. The molecule has 0 bridgehead atoms. The predicted octanol–water partition coefficient (Wildman–Crippen LogP) is 3.61. The van der Waals surface area contributed by atoms with Gasteiger partial charge in [0.15, 0.2) is 0 Å². The molecule has 1 saturated heterocycles. The first-order chi connectivity index (χ1) is 7.42. The van der Waals surface area contributed by atoms with Crippen molar-refractivity contribution in [3.63, 3.8) is 0 Å². The van der Waals surface area contributed by atoms with Crippen LogP contribution in [-0.2, 0) is 0 Å². The van der Waals surface area contributed by atoms with Crippen LogP contribution in [0.4, 0.5) is 0 Å². The number of unbranched alkanes of at least 4 members (excludes halogenated alkanes) is 1. The first-order valence-electron chi connectivity index (χ1n) is 6.18. The lowest BCUT2D eigenvalue weighted by Crippen LogP contribution is -2.33. The Kier molecular flexibility index (Phi) is 3.84. The molecule has 1 aliphatic rings. The minimum Gasteiger partial charge on any atom is -0.472 e. The molecule has 2 heteroatoms. The molecular weight excluding hydrogens is 186 g/mol. The molecule has 15 heavy (non-hydrogen) atoms. The number of furan rings is 1. The molecule has 2 heterocycles. The van der Waals surface area contributed by atoms with Crippen LogP contribution in [0.5, 0.6) is 0 Å². The molecule has 1 aromatic rings. The monoisotopic (exact) mass is 207 g/mol. The molecule has 1 aromatic heterocycles. The van der Waals surface area contributed by atoms with E-state index in [0.717, 1.165) is 0 Å². The summed E-state index contributed by atoms with van der Waals surface area (Å²) in [7, 11) is 0. The zero-order chi connectivity index (χ0) is 10.5. The maximum Gasteiger partial charge on any atom is 0.0950 e. The number of rotatable bonds is 4. The van der Waals surface area contributed by atoms with Gasteiger partial charge in [-0.05, 0) is 38.4 Å². The Morgan fingerprint density at radius 1 is 1.47 bits per heavy atom. The van der Waals surface area contributed by atoms with E-state index in [1.165, 1.54) is 50.8 Å². The Morgan fingerprint density at radius 3 is 3.13 bits per heavy atom. The van der Waals surface area contributed by atoms with E-state index >= 15 is 0 Å². The van der Waals surface area contributed by atoms with Crippen LogP contribution >= 0.6 is 0 Å². The van der Waals surface area contributed by atoms with E-state index in [4.69, 9.17) is 4.42 Å². The summed E-state index contributed by atoms with van der Waals surface area (Å²) in [5, 5.41) is 0. The molecule has 84 valence electrons. The fraction of sp³-hybridized carbons (Fsp3) is 0.692. The molecule has 1 atom stereocenters. The lowest BCUT2D eigenvalue weighted by Gasteiger charge is -2.35. The second kappa shape index (κ2) is 5.36. The van der Waals surface area contributed by atoms with Crippen molar-refractivity contribution in [2.24, 2.45) is 0 Å². The minimum atomic E-state index is 0.615. The summed E-state index contributed by atoms with van der Waals surface area (Å²) in [6.45, 7) is 4.76. The van der Waals surface area contributed by atoms with E-state index in [0.29, 0.717) is 6.04 Å². The Labute approximate surface area is 92.3 Å². The largest absolute Gasteiger partial charge is 0.472 e. The molecule has 0 radical (unpaired) electrons. The first-order valence-corrected chi connectivity index (χ1v) is 6.18. The maximum absolute atomic E-state index is 5.19. The summed E-state index contributed by atoms with van der Waals surface area (Å²) < 4.78 is 5.19. The normalized spacial score (nSPS) is 23.1. The van der Waals surface area contributed by atoms with Gasteiger partial charge in [-0.25, -0.2) is 0 Å². The average molecular weight is 207 g/mol. The molecular formula is C13H21NO. The van der Waals surface area contributed by atoms with Crippen LogP contribution in [-0.4, -0.2) is 18.0 Å². The number of likely N-dealkylation sites (tertiary alicyclic amines) is 1. The van der Waals surface area contributed by atoms with Crippen molar-refractivity contribution >= 4 is 0 Å². The number of hydrogen-bond acceptors (Lipinski definition) is 2. The molecule has 0 unspecified atom stereocenters. The Balaban J connectivity index is 1.99. The van der Waals surface area contributed by atoms with Gasteiger partial charge in [0.1, 0.15) is 0 Å². The molecule has 0 N–H and O–H groups in total. The van der Waals surface area contributed by atoms with Crippen LogP contribution in [0.1, 0.15) is 50.6 Å². The van der Waals surface area contributed by atoms with Crippen LogP contribution in [0.3, 0.4) is 0 Å². The number of piperidine rings is 1. The maximum atomic E-state index is 5.19. The lowest BCUT2D eigenvalue weighted by molar-refractivity contribution is 0.146. The van der Waals surface area contributed by atoms with Crippen LogP contribution < -0.4 is 0 Å². The van der Waals surface area contributed by atoms with Crippen molar-refractivity contribution in [3.05, 3.63) is 24.2 Å². The fourth-order valence-electron chi connectivity index (χ4n) is 2.46. The molecule has 1 aliphatic heterocycles. The van der Waals surface area contributed by atoms with Gasteiger partial charge >= 0.3 is 0 Å². The third-order valence-electron chi connectivity index (χ3n) is 3.34. The van der Waals surface area contributed by atoms with Gasteiger partial charge in [-0.1, -0.05) is 19.8 Å². The Hall–Kier alpha value is -0.760. The summed E-state index contributed by atoms with van der Waals surface area (Å²) in [6.07, 6.45) is 10.3. The van der Waals surface area contributed by atoms with Gasteiger partial charge < -0.3 is 4.42 Å². The highest BCUT2D eigenvalue weighted by Gasteiger charge is 2.23. The molecule has 0 spiro atoms. The van der Waals surface area contributed by atoms with E-state index in [-0.39, 0.29) is 0 Å². The summed E-state index contributed by atoms with van der Waals surface area (Å²) in [5.41, 5.74) is 1.37. The third-order valence-corrected chi connectivity index (χ3v) is 3.34. The van der Waals surface area contributed by atoms with Gasteiger partial charge in [-0.2, -0.15) is 0 Å². The predicted molar refractivity (Wildman–Crippen MR) is 61.8 cm³/mol. The first kappa shape index (κ1) is 10.7.